The third-order valence-electron chi connectivity index (χ3n) is 5.62. The molecule has 1 aromatic heterocycles. The van der Waals surface area contributed by atoms with Gasteiger partial charge in [0.25, 0.3) is 11.5 Å². The number of carbonyl (C=O) groups is 1. The number of pyridine rings is 1. The Labute approximate surface area is 187 Å². The van der Waals surface area contributed by atoms with Crippen LogP contribution < -0.4 is 15.2 Å². The van der Waals surface area contributed by atoms with E-state index < -0.39 is 0 Å². The van der Waals surface area contributed by atoms with Gasteiger partial charge in [0.05, 0.1) is 13.7 Å². The van der Waals surface area contributed by atoms with Crippen molar-refractivity contribution in [3.8, 4) is 5.75 Å². The lowest BCUT2D eigenvalue weighted by atomic mass is 10.1. The van der Waals surface area contributed by atoms with Gasteiger partial charge in [0.1, 0.15) is 5.75 Å². The van der Waals surface area contributed by atoms with Crippen molar-refractivity contribution in [2.75, 3.05) is 12.0 Å². The molecule has 0 saturated carbocycles. The first-order valence-electron chi connectivity index (χ1n) is 10.5. The molecule has 0 fully saturated rings. The molecule has 5 nitrogen and oxygen atoms in total. The van der Waals surface area contributed by atoms with E-state index in [4.69, 9.17) is 4.74 Å². The molecule has 1 amide bonds. The fraction of sp³-hybridized carbons (Fsp3) is 0.185. The zero-order chi connectivity index (χ0) is 22.8. The molecular weight excluding hydrogens is 400 g/mol. The molecule has 32 heavy (non-hydrogen) atoms. The van der Waals surface area contributed by atoms with E-state index in [1.54, 1.807) is 36.3 Å². The smallest absolute Gasteiger partial charge is 0.258 e. The number of benzene rings is 3. The molecule has 0 radical (unpaired) electrons. The zero-order valence-electron chi connectivity index (χ0n) is 18.7. The van der Waals surface area contributed by atoms with Crippen molar-refractivity contribution < 1.29 is 9.53 Å². The lowest BCUT2D eigenvalue weighted by Crippen LogP contribution is -2.33. The van der Waals surface area contributed by atoms with Gasteiger partial charge < -0.3 is 14.6 Å². The quantitative estimate of drug-likeness (QED) is 0.470. The minimum absolute atomic E-state index is 0.152. The van der Waals surface area contributed by atoms with E-state index in [1.807, 2.05) is 63.2 Å². The second kappa shape index (κ2) is 8.71. The first kappa shape index (κ1) is 21.4. The number of nitrogens with one attached hydrogen (secondary N) is 1. The minimum Gasteiger partial charge on any atom is -0.497 e. The van der Waals surface area contributed by atoms with Gasteiger partial charge in [-0.3, -0.25) is 9.59 Å². The first-order chi connectivity index (χ1) is 15.4. The van der Waals surface area contributed by atoms with Crippen molar-refractivity contribution in [3.63, 3.8) is 0 Å². The summed E-state index contributed by atoms with van der Waals surface area (Å²) in [6.07, 6.45) is 0. The maximum absolute atomic E-state index is 13.7. The van der Waals surface area contributed by atoms with Crippen LogP contribution in [0, 0.1) is 20.8 Å². The van der Waals surface area contributed by atoms with Gasteiger partial charge >= 0.3 is 0 Å². The number of aromatic amines is 1. The number of methoxy groups -OCH3 is 1. The number of rotatable bonds is 5. The van der Waals surface area contributed by atoms with E-state index in [0.29, 0.717) is 16.9 Å². The van der Waals surface area contributed by atoms with E-state index in [2.05, 4.69) is 4.98 Å². The highest BCUT2D eigenvalue weighted by atomic mass is 16.5. The first-order valence-corrected chi connectivity index (χ1v) is 10.5. The summed E-state index contributed by atoms with van der Waals surface area (Å²) in [6.45, 7) is 6.09. The van der Waals surface area contributed by atoms with Gasteiger partial charge in [-0.15, -0.1) is 0 Å². The minimum atomic E-state index is -0.197. The van der Waals surface area contributed by atoms with Gasteiger partial charge in [-0.05, 0) is 79.2 Å². The molecule has 4 rings (SSSR count). The lowest BCUT2D eigenvalue weighted by Gasteiger charge is -2.25. The fourth-order valence-electron chi connectivity index (χ4n) is 3.84. The monoisotopic (exact) mass is 426 g/mol. The highest BCUT2D eigenvalue weighted by molar-refractivity contribution is 6.06. The highest BCUT2D eigenvalue weighted by Crippen LogP contribution is 2.26. The Kier molecular flexibility index (Phi) is 5.82. The van der Waals surface area contributed by atoms with Crippen LogP contribution in [-0.2, 0) is 6.54 Å². The fourth-order valence-corrected chi connectivity index (χ4v) is 3.84. The number of aryl methyl sites for hydroxylation is 3. The summed E-state index contributed by atoms with van der Waals surface area (Å²) in [6, 6.07) is 20.9. The third kappa shape index (κ3) is 4.28. The number of ether oxygens (including phenoxy) is 1. The molecule has 0 aliphatic rings. The molecule has 1 heterocycles. The Morgan fingerprint density at radius 3 is 2.47 bits per heavy atom. The summed E-state index contributed by atoms with van der Waals surface area (Å²) in [7, 11) is 1.57. The number of aromatic nitrogens is 1. The Balaban J connectivity index is 1.82. The van der Waals surface area contributed by atoms with Crippen LogP contribution in [-0.4, -0.2) is 18.0 Å². The summed E-state index contributed by atoms with van der Waals surface area (Å²) in [5, 5.41) is 0.931. The van der Waals surface area contributed by atoms with Gasteiger partial charge in [-0.2, -0.15) is 0 Å². The normalized spacial score (nSPS) is 10.9. The molecule has 3 aromatic carbocycles. The van der Waals surface area contributed by atoms with Gasteiger partial charge in [-0.25, -0.2) is 0 Å². The number of hydrogen-bond acceptors (Lipinski definition) is 3. The molecule has 0 bridgehead atoms. The van der Waals surface area contributed by atoms with Crippen molar-refractivity contribution in [2.45, 2.75) is 27.3 Å². The molecule has 0 spiro atoms. The number of nitrogens with zero attached hydrogens (tertiary/aromatic N) is 1. The van der Waals surface area contributed by atoms with Crippen LogP contribution in [0.1, 0.15) is 32.6 Å². The number of amides is 1. The average Bonchev–Trinajstić information content (AvgIpc) is 2.79. The van der Waals surface area contributed by atoms with Crippen LogP contribution in [0.5, 0.6) is 5.75 Å². The van der Waals surface area contributed by atoms with Crippen LogP contribution in [0.2, 0.25) is 0 Å². The van der Waals surface area contributed by atoms with Crippen LogP contribution in [0.4, 0.5) is 5.69 Å². The van der Waals surface area contributed by atoms with E-state index >= 15 is 0 Å². The topological polar surface area (TPSA) is 62.4 Å². The Morgan fingerprint density at radius 1 is 0.938 bits per heavy atom. The van der Waals surface area contributed by atoms with E-state index in [1.165, 1.54) is 0 Å². The second-order valence-electron chi connectivity index (χ2n) is 8.13. The molecule has 4 aromatic rings. The van der Waals surface area contributed by atoms with Gasteiger partial charge in [0, 0.05) is 22.3 Å². The number of fused-ring (bicyclic) bond motifs is 1. The van der Waals surface area contributed by atoms with Crippen molar-refractivity contribution in [2.24, 2.45) is 0 Å². The van der Waals surface area contributed by atoms with E-state index in [9.17, 15) is 9.59 Å². The summed E-state index contributed by atoms with van der Waals surface area (Å²) in [5.74, 6) is 0.414. The van der Waals surface area contributed by atoms with E-state index in [0.717, 1.165) is 33.3 Å². The van der Waals surface area contributed by atoms with Crippen LogP contribution in [0.25, 0.3) is 10.9 Å². The molecule has 0 atom stereocenters. The number of carbonyl (C=O) groups excluding carboxylic acids is 1. The summed E-state index contributed by atoms with van der Waals surface area (Å²) >= 11 is 0. The van der Waals surface area contributed by atoms with Gasteiger partial charge in [-0.1, -0.05) is 30.3 Å². The molecule has 0 saturated heterocycles. The highest BCUT2D eigenvalue weighted by Gasteiger charge is 2.22. The van der Waals surface area contributed by atoms with Crippen molar-refractivity contribution >= 4 is 22.5 Å². The number of anilines is 1. The Hall–Kier alpha value is -3.86. The van der Waals surface area contributed by atoms with Crippen LogP contribution in [0.15, 0.2) is 71.5 Å². The van der Waals surface area contributed by atoms with Gasteiger partial charge in [0.2, 0.25) is 0 Å². The maximum Gasteiger partial charge on any atom is 0.258 e. The summed E-state index contributed by atoms with van der Waals surface area (Å²) < 4.78 is 5.30. The standard InChI is InChI=1S/C27H26N2O3/c1-17-9-11-20-14-22(26(30)28-24(20)12-17)16-29(25-13-18(2)8-10-19(25)3)27(31)21-6-5-7-23(15-21)32-4/h5-15H,16H2,1-4H3,(H,28,30). The average molecular weight is 427 g/mol. The molecular formula is C27H26N2O3. The van der Waals surface area contributed by atoms with Crippen molar-refractivity contribution in [1.29, 1.82) is 0 Å². The number of hydrogen-bond donors (Lipinski definition) is 1. The number of H-pyrrole nitrogens is 1. The SMILES string of the molecule is COc1cccc(C(=O)N(Cc2cc3ccc(C)cc3[nH]c2=O)c2cc(C)ccc2C)c1. The molecule has 5 heteroatoms. The van der Waals surface area contributed by atoms with Gasteiger partial charge in [0.15, 0.2) is 0 Å². The zero-order valence-corrected chi connectivity index (χ0v) is 18.7. The van der Waals surface area contributed by atoms with Crippen LogP contribution in [0.3, 0.4) is 0 Å². The summed E-state index contributed by atoms with van der Waals surface area (Å²) in [4.78, 5) is 31.2. The largest absolute Gasteiger partial charge is 0.497 e. The maximum atomic E-state index is 13.7. The summed E-state index contributed by atoms with van der Waals surface area (Å²) in [5.41, 5.74) is 5.47. The molecule has 0 aliphatic heterocycles. The molecule has 0 aliphatic carbocycles. The Bertz CT molecular complexity index is 1370. The lowest BCUT2D eigenvalue weighted by molar-refractivity contribution is 0.0984. The van der Waals surface area contributed by atoms with Crippen LogP contribution >= 0.6 is 0 Å². The van der Waals surface area contributed by atoms with E-state index in [-0.39, 0.29) is 18.0 Å². The molecule has 1 N–H and O–H groups in total. The van der Waals surface area contributed by atoms with Crippen molar-refractivity contribution in [1.82, 2.24) is 4.98 Å². The molecule has 0 unspecified atom stereocenters. The van der Waals surface area contributed by atoms with Crippen molar-refractivity contribution in [3.05, 3.63) is 105 Å². The second-order valence-corrected chi connectivity index (χ2v) is 8.13. The predicted molar refractivity (Wildman–Crippen MR) is 129 cm³/mol. The Morgan fingerprint density at radius 2 is 1.69 bits per heavy atom. The molecule has 162 valence electrons. The predicted octanol–water partition coefficient (Wildman–Crippen LogP) is 5.31. The third-order valence-corrected chi connectivity index (χ3v) is 5.62.